The van der Waals surface area contributed by atoms with E-state index in [9.17, 15) is 4.79 Å². The quantitative estimate of drug-likeness (QED) is 0.292. The second kappa shape index (κ2) is 10.8. The first-order chi connectivity index (χ1) is 7.27. The van der Waals surface area contributed by atoms with Crippen molar-refractivity contribution in [2.24, 2.45) is 5.73 Å². The predicted molar refractivity (Wildman–Crippen MR) is 57.6 cm³/mol. The summed E-state index contributed by atoms with van der Waals surface area (Å²) in [5, 5.41) is 11.3. The number of carboxylic acid groups (broad SMARTS) is 1. The first-order valence-electron chi connectivity index (χ1n) is 4.60. The van der Waals surface area contributed by atoms with E-state index >= 15 is 0 Å². The van der Waals surface area contributed by atoms with Crippen molar-refractivity contribution in [2.75, 3.05) is 19.6 Å². The molecule has 16 heavy (non-hydrogen) atoms. The minimum Gasteiger partial charge on any atom is -0.481 e. The number of unbranched alkanes of at least 4 members (excludes halogenated alkanes) is 1. The van der Waals surface area contributed by atoms with Gasteiger partial charge >= 0.3 is 16.4 Å². The van der Waals surface area contributed by atoms with Crippen LogP contribution in [0.4, 0.5) is 0 Å². The van der Waals surface area contributed by atoms with Gasteiger partial charge in [-0.05, 0) is 25.9 Å². The Hall–Kier alpha value is -0.740. The van der Waals surface area contributed by atoms with Gasteiger partial charge in [0.15, 0.2) is 0 Å². The number of nitrogens with two attached hydrogens (primary N) is 1. The van der Waals surface area contributed by atoms with Gasteiger partial charge in [-0.25, -0.2) is 0 Å². The molecule has 0 aromatic carbocycles. The Labute approximate surface area is 94.4 Å². The summed E-state index contributed by atoms with van der Waals surface area (Å²) >= 11 is 0. The van der Waals surface area contributed by atoms with E-state index in [-0.39, 0.29) is 6.42 Å². The topological polar surface area (TPSA) is 150 Å². The van der Waals surface area contributed by atoms with E-state index in [0.717, 1.165) is 19.4 Å². The minimum absolute atomic E-state index is 0.197. The van der Waals surface area contributed by atoms with Gasteiger partial charge in [-0.15, -0.1) is 0 Å². The van der Waals surface area contributed by atoms with Gasteiger partial charge in [0.2, 0.25) is 0 Å². The van der Waals surface area contributed by atoms with Crippen molar-refractivity contribution in [3.05, 3.63) is 0 Å². The highest BCUT2D eigenvalue weighted by Gasteiger charge is 1.94. The normalized spacial score (nSPS) is 10.4. The molecule has 0 rings (SSSR count). The number of aliphatic carboxylic acids is 1. The van der Waals surface area contributed by atoms with Crippen LogP contribution in [0.25, 0.3) is 0 Å². The van der Waals surface area contributed by atoms with Crippen molar-refractivity contribution < 1.29 is 27.4 Å². The maximum Gasteiger partial charge on any atom is 0.394 e. The fraction of sp³-hybridized carbons (Fsp3) is 0.857. The highest BCUT2D eigenvalue weighted by molar-refractivity contribution is 7.79. The highest BCUT2D eigenvalue weighted by atomic mass is 32.3. The second-order valence-corrected chi connectivity index (χ2v) is 3.73. The Bertz CT molecular complexity index is 258. The minimum atomic E-state index is -4.67. The molecule has 0 heterocycles. The van der Waals surface area contributed by atoms with Crippen LogP contribution < -0.4 is 11.1 Å². The largest absolute Gasteiger partial charge is 0.481 e. The predicted octanol–water partition coefficient (Wildman–Crippen LogP) is -0.863. The average Bonchev–Trinajstić information content (AvgIpc) is 2.08. The van der Waals surface area contributed by atoms with Gasteiger partial charge in [-0.1, -0.05) is 0 Å². The van der Waals surface area contributed by atoms with Gasteiger partial charge in [0.05, 0.1) is 6.42 Å². The Morgan fingerprint density at radius 3 is 2.06 bits per heavy atom. The number of hydrogen-bond donors (Lipinski definition) is 5. The average molecular weight is 258 g/mol. The van der Waals surface area contributed by atoms with E-state index in [1.165, 1.54) is 0 Å². The highest BCUT2D eigenvalue weighted by Crippen LogP contribution is 1.82. The van der Waals surface area contributed by atoms with Crippen LogP contribution in [0.1, 0.15) is 19.3 Å². The fourth-order valence-corrected chi connectivity index (χ4v) is 0.715. The van der Waals surface area contributed by atoms with E-state index in [0.29, 0.717) is 13.1 Å². The third-order valence-electron chi connectivity index (χ3n) is 1.32. The van der Waals surface area contributed by atoms with E-state index in [1.54, 1.807) is 0 Å². The summed E-state index contributed by atoms with van der Waals surface area (Å²) in [5.41, 5.74) is 5.27. The molecule has 0 saturated heterocycles. The third kappa shape index (κ3) is 37.8. The smallest absolute Gasteiger partial charge is 0.394 e. The number of carbonyl (C=O) groups is 1. The lowest BCUT2D eigenvalue weighted by molar-refractivity contribution is -0.136. The summed E-state index contributed by atoms with van der Waals surface area (Å²) in [6, 6.07) is 0. The summed E-state index contributed by atoms with van der Waals surface area (Å²) in [7, 11) is -4.67. The van der Waals surface area contributed by atoms with E-state index in [1.807, 2.05) is 0 Å². The van der Waals surface area contributed by atoms with Crippen molar-refractivity contribution in [3.63, 3.8) is 0 Å². The number of rotatable bonds is 7. The molecule has 0 fully saturated rings. The summed E-state index contributed by atoms with van der Waals surface area (Å²) < 4.78 is 31.6. The second-order valence-electron chi connectivity index (χ2n) is 2.84. The van der Waals surface area contributed by atoms with Crippen LogP contribution in [0.15, 0.2) is 0 Å². The molecule has 0 saturated carbocycles. The lowest BCUT2D eigenvalue weighted by atomic mass is 10.3. The van der Waals surface area contributed by atoms with E-state index in [4.69, 9.17) is 28.4 Å². The maximum absolute atomic E-state index is 10.0. The molecule has 9 heteroatoms. The molecule has 0 bridgehead atoms. The van der Waals surface area contributed by atoms with E-state index < -0.39 is 16.4 Å². The fourth-order valence-electron chi connectivity index (χ4n) is 0.715. The first kappa shape index (κ1) is 17.6. The van der Waals surface area contributed by atoms with Crippen LogP contribution in [-0.2, 0) is 15.2 Å². The maximum atomic E-state index is 10.0. The molecule has 0 unspecified atom stereocenters. The van der Waals surface area contributed by atoms with Crippen molar-refractivity contribution in [1.29, 1.82) is 0 Å². The number of hydrogen-bond acceptors (Lipinski definition) is 5. The molecule has 0 aliphatic carbocycles. The van der Waals surface area contributed by atoms with Crippen molar-refractivity contribution in [1.82, 2.24) is 5.32 Å². The zero-order valence-corrected chi connectivity index (χ0v) is 9.61. The van der Waals surface area contributed by atoms with Crippen LogP contribution in [0.2, 0.25) is 0 Å². The van der Waals surface area contributed by atoms with Gasteiger partial charge in [-0.2, -0.15) is 8.42 Å². The molecule has 0 spiro atoms. The van der Waals surface area contributed by atoms with Gasteiger partial charge in [0.1, 0.15) is 0 Å². The lowest BCUT2D eigenvalue weighted by Crippen LogP contribution is -2.19. The van der Waals surface area contributed by atoms with Crippen LogP contribution in [0.5, 0.6) is 0 Å². The molecule has 0 aromatic rings. The Morgan fingerprint density at radius 2 is 1.69 bits per heavy atom. The lowest BCUT2D eigenvalue weighted by Gasteiger charge is -2.00. The van der Waals surface area contributed by atoms with Crippen LogP contribution in [0.3, 0.4) is 0 Å². The molecule has 0 amide bonds. The Balaban J connectivity index is 0. The first-order valence-corrected chi connectivity index (χ1v) is 5.99. The molecule has 0 aliphatic heterocycles. The molecule has 98 valence electrons. The molecule has 0 radical (unpaired) electrons. The molecule has 0 aliphatic rings. The van der Waals surface area contributed by atoms with Crippen molar-refractivity contribution in [2.45, 2.75) is 19.3 Å². The number of carboxylic acids is 1. The third-order valence-corrected chi connectivity index (χ3v) is 1.32. The molecule has 8 nitrogen and oxygen atoms in total. The SMILES string of the molecule is NCCCCNCCC(=O)O.O=S(=O)(O)O. The van der Waals surface area contributed by atoms with Crippen LogP contribution in [-0.4, -0.2) is 48.2 Å². The van der Waals surface area contributed by atoms with Crippen molar-refractivity contribution >= 4 is 16.4 Å². The van der Waals surface area contributed by atoms with Crippen molar-refractivity contribution in [3.8, 4) is 0 Å². The van der Waals surface area contributed by atoms with Gasteiger partial charge in [-0.3, -0.25) is 13.9 Å². The number of nitrogens with one attached hydrogen (secondary N) is 1. The van der Waals surface area contributed by atoms with Gasteiger partial charge in [0.25, 0.3) is 0 Å². The Kier molecular flexibility index (Phi) is 11.9. The zero-order valence-electron chi connectivity index (χ0n) is 8.79. The zero-order chi connectivity index (χ0) is 13.0. The molecule has 0 atom stereocenters. The van der Waals surface area contributed by atoms with Gasteiger partial charge < -0.3 is 16.2 Å². The summed E-state index contributed by atoms with van der Waals surface area (Å²) in [5.74, 6) is -0.753. The molecule has 6 N–H and O–H groups in total. The standard InChI is InChI=1S/C7H16N2O2.H2O4S/c8-4-1-2-5-9-6-3-7(10)11;1-5(2,3)4/h9H,1-6,8H2,(H,10,11);(H2,1,2,3,4). The van der Waals surface area contributed by atoms with Crippen LogP contribution in [0, 0.1) is 0 Å². The molecular weight excluding hydrogens is 240 g/mol. The molecule has 0 aromatic heterocycles. The summed E-state index contributed by atoms with van der Waals surface area (Å²) in [6.45, 7) is 2.13. The van der Waals surface area contributed by atoms with Gasteiger partial charge in [0, 0.05) is 6.54 Å². The monoisotopic (exact) mass is 258 g/mol. The van der Waals surface area contributed by atoms with E-state index in [2.05, 4.69) is 5.32 Å². The molecular formula is C7H18N2O6S. The van der Waals surface area contributed by atoms with Crippen LogP contribution >= 0.6 is 0 Å². The summed E-state index contributed by atoms with van der Waals surface area (Å²) in [6.07, 6.45) is 2.22. The summed E-state index contributed by atoms with van der Waals surface area (Å²) in [4.78, 5) is 10.0. The Morgan fingerprint density at radius 1 is 1.19 bits per heavy atom.